The Hall–Kier alpha value is -0.570. The molecule has 2 aliphatic rings. The molecule has 1 unspecified atom stereocenters. The second kappa shape index (κ2) is 3.54. The van der Waals surface area contributed by atoms with Crippen LogP contribution in [-0.2, 0) is 4.79 Å². The van der Waals surface area contributed by atoms with Gasteiger partial charge >= 0.3 is 0 Å². The maximum atomic E-state index is 10.7. The first kappa shape index (κ1) is 9.97. The van der Waals surface area contributed by atoms with Crippen LogP contribution in [0.1, 0.15) is 39.0 Å². The normalized spacial score (nSPS) is 25.8. The van der Waals surface area contributed by atoms with Crippen LogP contribution in [0.4, 0.5) is 0 Å². The molecule has 80 valence electrons. The molecule has 3 nitrogen and oxygen atoms in total. The lowest BCUT2D eigenvalue weighted by atomic mass is 10.0. The molecule has 0 heterocycles. The van der Waals surface area contributed by atoms with E-state index >= 15 is 0 Å². The number of primary amides is 1. The highest BCUT2D eigenvalue weighted by Gasteiger charge is 2.53. The van der Waals surface area contributed by atoms with Gasteiger partial charge in [0.2, 0.25) is 5.91 Å². The second-order valence-electron chi connectivity index (χ2n) is 5.09. The van der Waals surface area contributed by atoms with E-state index in [4.69, 9.17) is 5.73 Å². The Kier molecular flexibility index (Phi) is 2.52. The number of nitrogens with two attached hydrogens (primary N) is 1. The minimum absolute atomic E-state index is 0.207. The van der Waals surface area contributed by atoms with E-state index in [1.807, 2.05) is 6.92 Å². The van der Waals surface area contributed by atoms with Gasteiger partial charge < -0.3 is 11.1 Å². The van der Waals surface area contributed by atoms with Gasteiger partial charge in [-0.25, -0.2) is 0 Å². The highest BCUT2D eigenvalue weighted by Crippen LogP contribution is 2.60. The Labute approximate surface area is 85.4 Å². The summed E-state index contributed by atoms with van der Waals surface area (Å²) >= 11 is 0. The van der Waals surface area contributed by atoms with Crippen LogP contribution in [-0.4, -0.2) is 18.5 Å². The zero-order valence-corrected chi connectivity index (χ0v) is 8.88. The molecule has 0 aliphatic heterocycles. The van der Waals surface area contributed by atoms with Gasteiger partial charge in [-0.05, 0) is 43.9 Å². The molecule has 1 atom stereocenters. The molecule has 2 fully saturated rings. The first-order valence-electron chi connectivity index (χ1n) is 5.64. The molecule has 0 aromatic heterocycles. The zero-order valence-electron chi connectivity index (χ0n) is 8.88. The van der Waals surface area contributed by atoms with Gasteiger partial charge in [0.15, 0.2) is 0 Å². The van der Waals surface area contributed by atoms with Crippen molar-refractivity contribution in [1.82, 2.24) is 5.32 Å². The second-order valence-corrected chi connectivity index (χ2v) is 5.09. The van der Waals surface area contributed by atoms with E-state index in [1.165, 1.54) is 25.7 Å². The summed E-state index contributed by atoms with van der Waals surface area (Å²) in [5.41, 5.74) is 5.76. The maximum Gasteiger partial charge on any atom is 0.218 e. The van der Waals surface area contributed by atoms with Crippen LogP contribution in [0.2, 0.25) is 0 Å². The third-order valence-corrected chi connectivity index (χ3v) is 3.65. The fourth-order valence-corrected chi connectivity index (χ4v) is 2.34. The van der Waals surface area contributed by atoms with Crippen LogP contribution < -0.4 is 11.1 Å². The Morgan fingerprint density at radius 2 is 2.21 bits per heavy atom. The summed E-state index contributed by atoms with van der Waals surface area (Å²) < 4.78 is 0. The lowest BCUT2D eigenvalue weighted by Gasteiger charge is -2.18. The molecule has 0 aromatic carbocycles. The van der Waals surface area contributed by atoms with Gasteiger partial charge in [0, 0.05) is 19.0 Å². The summed E-state index contributed by atoms with van der Waals surface area (Å²) in [6, 6.07) is 0.240. The van der Waals surface area contributed by atoms with Gasteiger partial charge in [0.1, 0.15) is 0 Å². The molecule has 0 saturated heterocycles. The molecule has 0 bridgehead atoms. The van der Waals surface area contributed by atoms with Crippen molar-refractivity contribution < 1.29 is 4.79 Å². The van der Waals surface area contributed by atoms with Crippen molar-refractivity contribution in [2.24, 2.45) is 17.1 Å². The topological polar surface area (TPSA) is 55.1 Å². The number of hydrogen-bond acceptors (Lipinski definition) is 2. The molecule has 3 N–H and O–H groups in total. The van der Waals surface area contributed by atoms with E-state index in [1.54, 1.807) is 0 Å². The van der Waals surface area contributed by atoms with Crippen LogP contribution in [0, 0.1) is 11.3 Å². The van der Waals surface area contributed by atoms with Crippen molar-refractivity contribution in [3.05, 3.63) is 0 Å². The van der Waals surface area contributed by atoms with E-state index in [2.05, 4.69) is 5.32 Å². The van der Waals surface area contributed by atoms with Crippen LogP contribution >= 0.6 is 0 Å². The van der Waals surface area contributed by atoms with Crippen molar-refractivity contribution in [2.75, 3.05) is 6.54 Å². The lowest BCUT2D eigenvalue weighted by molar-refractivity contribution is -0.118. The summed E-state index contributed by atoms with van der Waals surface area (Å²) in [6.07, 6.45) is 6.07. The number of carbonyl (C=O) groups excluding carboxylic acids is 1. The minimum Gasteiger partial charge on any atom is -0.370 e. The van der Waals surface area contributed by atoms with Gasteiger partial charge in [-0.3, -0.25) is 4.79 Å². The third kappa shape index (κ3) is 2.27. The Morgan fingerprint density at radius 1 is 1.57 bits per heavy atom. The SMILES string of the molecule is CC(CC(N)=O)NCC1(C2CC2)CC1. The molecular weight excluding hydrogens is 176 g/mol. The van der Waals surface area contributed by atoms with E-state index in [0.717, 1.165) is 12.5 Å². The summed E-state index contributed by atoms with van der Waals surface area (Å²) in [5.74, 6) is 0.775. The third-order valence-electron chi connectivity index (χ3n) is 3.65. The molecule has 0 spiro atoms. The summed E-state index contributed by atoms with van der Waals surface area (Å²) in [4.78, 5) is 10.7. The van der Waals surface area contributed by atoms with Gasteiger partial charge in [-0.2, -0.15) is 0 Å². The van der Waals surface area contributed by atoms with Crippen LogP contribution in [0.3, 0.4) is 0 Å². The summed E-state index contributed by atoms with van der Waals surface area (Å²) in [5, 5.41) is 3.44. The molecule has 1 amide bonds. The van der Waals surface area contributed by atoms with Crippen LogP contribution in [0.25, 0.3) is 0 Å². The molecule has 14 heavy (non-hydrogen) atoms. The number of hydrogen-bond donors (Lipinski definition) is 2. The Morgan fingerprint density at radius 3 is 2.64 bits per heavy atom. The van der Waals surface area contributed by atoms with Crippen molar-refractivity contribution >= 4 is 5.91 Å². The standard InChI is InChI=1S/C11H20N2O/c1-8(6-10(12)14)13-7-11(4-5-11)9-2-3-9/h8-9,13H,2-7H2,1H3,(H2,12,14). The average Bonchev–Trinajstić information content (AvgIpc) is 2.94. The van der Waals surface area contributed by atoms with Gasteiger partial charge in [-0.15, -0.1) is 0 Å². The number of nitrogens with one attached hydrogen (secondary N) is 1. The number of amides is 1. The van der Waals surface area contributed by atoms with Crippen molar-refractivity contribution in [3.8, 4) is 0 Å². The number of carbonyl (C=O) groups is 1. The Bertz CT molecular complexity index is 231. The van der Waals surface area contributed by atoms with Crippen LogP contribution in [0.5, 0.6) is 0 Å². The monoisotopic (exact) mass is 196 g/mol. The summed E-state index contributed by atoms with van der Waals surface area (Å²) in [6.45, 7) is 3.12. The van der Waals surface area contributed by atoms with Crippen molar-refractivity contribution in [3.63, 3.8) is 0 Å². The molecule has 2 rings (SSSR count). The number of rotatable bonds is 6. The predicted octanol–water partition coefficient (Wildman–Crippen LogP) is 1.03. The highest BCUT2D eigenvalue weighted by atomic mass is 16.1. The smallest absolute Gasteiger partial charge is 0.218 e. The highest BCUT2D eigenvalue weighted by molar-refractivity contribution is 5.74. The quantitative estimate of drug-likeness (QED) is 0.666. The molecule has 3 heteroatoms. The van der Waals surface area contributed by atoms with Crippen molar-refractivity contribution in [2.45, 2.75) is 45.1 Å². The largest absolute Gasteiger partial charge is 0.370 e. The van der Waals surface area contributed by atoms with Crippen LogP contribution in [0.15, 0.2) is 0 Å². The molecular formula is C11H20N2O. The zero-order chi connectivity index (χ0) is 10.2. The fraction of sp³-hybridized carbons (Fsp3) is 0.909. The molecule has 2 saturated carbocycles. The van der Waals surface area contributed by atoms with E-state index in [-0.39, 0.29) is 11.9 Å². The van der Waals surface area contributed by atoms with Gasteiger partial charge in [0.25, 0.3) is 0 Å². The van der Waals surface area contributed by atoms with Crippen molar-refractivity contribution in [1.29, 1.82) is 0 Å². The lowest BCUT2D eigenvalue weighted by Crippen LogP contribution is -2.35. The Balaban J connectivity index is 1.68. The maximum absolute atomic E-state index is 10.7. The summed E-state index contributed by atoms with van der Waals surface area (Å²) in [7, 11) is 0. The van der Waals surface area contributed by atoms with E-state index in [0.29, 0.717) is 11.8 Å². The fourth-order valence-electron chi connectivity index (χ4n) is 2.34. The van der Waals surface area contributed by atoms with Gasteiger partial charge in [0.05, 0.1) is 0 Å². The molecule has 2 aliphatic carbocycles. The minimum atomic E-state index is -0.207. The molecule has 0 radical (unpaired) electrons. The first-order chi connectivity index (χ1) is 6.62. The first-order valence-corrected chi connectivity index (χ1v) is 5.64. The van der Waals surface area contributed by atoms with Gasteiger partial charge in [-0.1, -0.05) is 0 Å². The predicted molar refractivity (Wildman–Crippen MR) is 55.7 cm³/mol. The van der Waals surface area contributed by atoms with E-state index in [9.17, 15) is 4.79 Å². The van der Waals surface area contributed by atoms with E-state index < -0.39 is 0 Å². The molecule has 0 aromatic rings. The average molecular weight is 196 g/mol.